The molecule has 1 aromatic carbocycles. The number of carbonyl (C=O) groups is 1. The SMILES string of the molecule is CCOc1ccccc1NS(=O)(=O)c1cc(-c2nc(C)cs2)n(CC(=O)N2CCCC2)c1. The summed E-state index contributed by atoms with van der Waals surface area (Å²) in [4.78, 5) is 19.2. The average Bonchev–Trinajstić information content (AvgIpc) is 3.50. The molecule has 1 fully saturated rings. The van der Waals surface area contributed by atoms with E-state index in [1.807, 2.05) is 24.1 Å². The van der Waals surface area contributed by atoms with Gasteiger partial charge in [0, 0.05) is 30.4 Å². The number of para-hydroxylation sites is 2. The smallest absolute Gasteiger partial charge is 0.263 e. The number of aryl methyl sites for hydroxylation is 1. The number of ether oxygens (including phenoxy) is 1. The van der Waals surface area contributed by atoms with E-state index in [4.69, 9.17) is 4.74 Å². The fraction of sp³-hybridized carbons (Fsp3) is 0.364. The summed E-state index contributed by atoms with van der Waals surface area (Å²) in [6.07, 6.45) is 3.50. The molecule has 0 radical (unpaired) electrons. The summed E-state index contributed by atoms with van der Waals surface area (Å²) in [7, 11) is -3.91. The van der Waals surface area contributed by atoms with Gasteiger partial charge in [-0.1, -0.05) is 12.1 Å². The maximum atomic E-state index is 13.2. The molecule has 1 amide bonds. The number of benzene rings is 1. The van der Waals surface area contributed by atoms with E-state index in [0.717, 1.165) is 31.6 Å². The molecule has 1 aliphatic rings. The second-order valence-electron chi connectivity index (χ2n) is 7.61. The summed E-state index contributed by atoms with van der Waals surface area (Å²) < 4.78 is 36.3. The normalized spacial score (nSPS) is 14.0. The van der Waals surface area contributed by atoms with E-state index in [-0.39, 0.29) is 17.3 Å². The molecule has 8 nitrogen and oxygen atoms in total. The highest BCUT2D eigenvalue weighted by Gasteiger charge is 2.25. The van der Waals surface area contributed by atoms with Crippen molar-refractivity contribution >= 4 is 33.0 Å². The van der Waals surface area contributed by atoms with Crippen LogP contribution in [0.1, 0.15) is 25.5 Å². The van der Waals surface area contributed by atoms with Gasteiger partial charge < -0.3 is 14.2 Å². The minimum absolute atomic E-state index is 0.0220. The molecule has 0 atom stereocenters. The first-order valence-corrected chi connectivity index (χ1v) is 12.9. The topological polar surface area (TPSA) is 93.5 Å². The van der Waals surface area contributed by atoms with Gasteiger partial charge in [0.1, 0.15) is 22.2 Å². The number of carbonyl (C=O) groups excluding carboxylic acids is 1. The molecule has 1 N–H and O–H groups in total. The lowest BCUT2D eigenvalue weighted by molar-refractivity contribution is -0.130. The maximum absolute atomic E-state index is 13.2. The number of likely N-dealkylation sites (tertiary alicyclic amines) is 1. The molecule has 3 heterocycles. The Hall–Kier alpha value is -2.85. The molecule has 0 unspecified atom stereocenters. The number of thiazole rings is 1. The molecular weight excluding hydrogens is 448 g/mol. The van der Waals surface area contributed by atoms with Crippen molar-refractivity contribution in [2.24, 2.45) is 0 Å². The zero-order valence-electron chi connectivity index (χ0n) is 18.1. The molecule has 0 spiro atoms. The van der Waals surface area contributed by atoms with Crippen molar-refractivity contribution in [2.75, 3.05) is 24.4 Å². The Morgan fingerprint density at radius 3 is 2.69 bits per heavy atom. The number of nitrogens with zero attached hydrogens (tertiary/aromatic N) is 3. The third kappa shape index (κ3) is 4.81. The maximum Gasteiger partial charge on any atom is 0.263 e. The molecule has 170 valence electrons. The van der Waals surface area contributed by atoms with Gasteiger partial charge in [0.05, 0.1) is 18.0 Å². The second kappa shape index (κ2) is 9.33. The van der Waals surface area contributed by atoms with Crippen molar-refractivity contribution in [3.8, 4) is 16.5 Å². The third-order valence-corrected chi connectivity index (χ3v) is 7.53. The molecule has 2 aromatic heterocycles. The number of aromatic nitrogens is 2. The van der Waals surface area contributed by atoms with Crippen LogP contribution in [0.15, 0.2) is 46.8 Å². The van der Waals surface area contributed by atoms with Gasteiger partial charge in [-0.3, -0.25) is 9.52 Å². The molecule has 32 heavy (non-hydrogen) atoms. The molecule has 4 rings (SSSR count). The first-order valence-electron chi connectivity index (χ1n) is 10.5. The lowest BCUT2D eigenvalue weighted by Gasteiger charge is -2.16. The van der Waals surface area contributed by atoms with Crippen molar-refractivity contribution < 1.29 is 17.9 Å². The van der Waals surface area contributed by atoms with Crippen molar-refractivity contribution in [1.82, 2.24) is 14.5 Å². The Balaban J connectivity index is 1.67. The molecule has 3 aromatic rings. The van der Waals surface area contributed by atoms with Gasteiger partial charge in [0.25, 0.3) is 10.0 Å². The summed E-state index contributed by atoms with van der Waals surface area (Å²) in [5.74, 6) is 0.434. The fourth-order valence-corrected chi connectivity index (χ4v) is 5.60. The third-order valence-electron chi connectivity index (χ3n) is 5.22. The van der Waals surface area contributed by atoms with Crippen LogP contribution in [0.2, 0.25) is 0 Å². The zero-order valence-corrected chi connectivity index (χ0v) is 19.7. The van der Waals surface area contributed by atoms with Crippen LogP contribution in [-0.2, 0) is 21.4 Å². The van der Waals surface area contributed by atoms with E-state index >= 15 is 0 Å². The van der Waals surface area contributed by atoms with Crippen LogP contribution in [0, 0.1) is 6.92 Å². The number of sulfonamides is 1. The van der Waals surface area contributed by atoms with Crippen LogP contribution in [-0.4, -0.2) is 48.5 Å². The van der Waals surface area contributed by atoms with Crippen LogP contribution in [0.5, 0.6) is 5.75 Å². The van der Waals surface area contributed by atoms with E-state index in [1.165, 1.54) is 17.5 Å². The van der Waals surface area contributed by atoms with Crippen molar-refractivity contribution in [1.29, 1.82) is 0 Å². The standard InChI is InChI=1S/C22H26N4O4S2/c1-3-30-20-9-5-4-8-18(20)24-32(28,29)17-12-19(22-23-16(2)15-31-22)26(13-17)14-21(27)25-10-6-7-11-25/h4-5,8-9,12-13,15,24H,3,6-7,10-11,14H2,1-2H3. The lowest BCUT2D eigenvalue weighted by Crippen LogP contribution is -2.31. The van der Waals surface area contributed by atoms with Gasteiger partial charge in [0.2, 0.25) is 5.91 Å². The summed E-state index contributed by atoms with van der Waals surface area (Å²) >= 11 is 1.42. The molecule has 0 saturated carbocycles. The Morgan fingerprint density at radius 1 is 1.25 bits per heavy atom. The molecule has 1 saturated heterocycles. The second-order valence-corrected chi connectivity index (χ2v) is 10.1. The summed E-state index contributed by atoms with van der Waals surface area (Å²) in [6, 6.07) is 8.46. The largest absolute Gasteiger partial charge is 0.492 e. The molecule has 0 bridgehead atoms. The van der Waals surface area contributed by atoms with Crippen LogP contribution in [0.3, 0.4) is 0 Å². The molecule has 0 aliphatic carbocycles. The number of hydrogen-bond acceptors (Lipinski definition) is 6. The Kier molecular flexibility index (Phi) is 6.52. The Labute approximate surface area is 191 Å². The van der Waals surface area contributed by atoms with Gasteiger partial charge in [-0.25, -0.2) is 13.4 Å². The monoisotopic (exact) mass is 474 g/mol. The fourth-order valence-electron chi connectivity index (χ4n) is 3.66. The molecular formula is C22H26N4O4S2. The highest BCUT2D eigenvalue weighted by Crippen LogP contribution is 2.31. The highest BCUT2D eigenvalue weighted by molar-refractivity contribution is 7.92. The Bertz CT molecular complexity index is 1210. The van der Waals surface area contributed by atoms with Crippen molar-refractivity contribution in [2.45, 2.75) is 38.1 Å². The van der Waals surface area contributed by atoms with Crippen LogP contribution >= 0.6 is 11.3 Å². The minimum Gasteiger partial charge on any atom is -0.492 e. The van der Waals surface area contributed by atoms with E-state index < -0.39 is 10.0 Å². The van der Waals surface area contributed by atoms with Crippen molar-refractivity contribution in [3.05, 3.63) is 47.6 Å². The first kappa shape index (κ1) is 22.3. The predicted octanol–water partition coefficient (Wildman–Crippen LogP) is 3.74. The van der Waals surface area contributed by atoms with Gasteiger partial charge in [-0.2, -0.15) is 0 Å². The van der Waals surface area contributed by atoms with E-state index in [1.54, 1.807) is 34.9 Å². The van der Waals surface area contributed by atoms with Crippen LogP contribution in [0.25, 0.3) is 10.7 Å². The van der Waals surface area contributed by atoms with Crippen molar-refractivity contribution in [3.63, 3.8) is 0 Å². The molecule has 1 aliphatic heterocycles. The molecule has 10 heteroatoms. The number of rotatable bonds is 8. The summed E-state index contributed by atoms with van der Waals surface area (Å²) in [5, 5.41) is 2.58. The summed E-state index contributed by atoms with van der Waals surface area (Å²) in [6.45, 7) is 5.69. The van der Waals surface area contributed by atoms with Gasteiger partial charge in [-0.05, 0) is 44.9 Å². The number of nitrogens with one attached hydrogen (secondary N) is 1. The van der Waals surface area contributed by atoms with Crippen LogP contribution < -0.4 is 9.46 Å². The number of anilines is 1. The quantitative estimate of drug-likeness (QED) is 0.537. The van der Waals surface area contributed by atoms with E-state index in [2.05, 4.69) is 9.71 Å². The van der Waals surface area contributed by atoms with Gasteiger partial charge in [0.15, 0.2) is 0 Å². The van der Waals surface area contributed by atoms with E-state index in [9.17, 15) is 13.2 Å². The average molecular weight is 475 g/mol. The number of amides is 1. The number of hydrogen-bond donors (Lipinski definition) is 1. The highest BCUT2D eigenvalue weighted by atomic mass is 32.2. The lowest BCUT2D eigenvalue weighted by atomic mass is 10.3. The first-order chi connectivity index (χ1) is 15.4. The minimum atomic E-state index is -3.91. The van der Waals surface area contributed by atoms with Gasteiger partial charge >= 0.3 is 0 Å². The predicted molar refractivity (Wildman–Crippen MR) is 125 cm³/mol. The summed E-state index contributed by atoms with van der Waals surface area (Å²) in [5.41, 5.74) is 1.81. The van der Waals surface area contributed by atoms with Gasteiger partial charge in [-0.15, -0.1) is 11.3 Å². The van der Waals surface area contributed by atoms with E-state index in [0.29, 0.717) is 28.7 Å². The van der Waals surface area contributed by atoms with Crippen LogP contribution in [0.4, 0.5) is 5.69 Å². The Morgan fingerprint density at radius 2 is 2.00 bits per heavy atom. The zero-order chi connectivity index (χ0) is 22.7.